The van der Waals surface area contributed by atoms with Crippen molar-refractivity contribution < 1.29 is 0 Å². The van der Waals surface area contributed by atoms with E-state index in [2.05, 4.69) is 38.1 Å². The summed E-state index contributed by atoms with van der Waals surface area (Å²) in [5.41, 5.74) is 2.89. The Bertz CT molecular complexity index is 187. The van der Waals surface area contributed by atoms with Gasteiger partial charge in [-0.3, -0.25) is 0 Å². The SMILES string of the molecule is CCc1cccc(CC)c1.N. The fourth-order valence-corrected chi connectivity index (χ4v) is 1.07. The standard InChI is InChI=1S/C10H14.H3N/c1-3-9-6-5-7-10(4-2)8-9;/h5-8H,3-4H2,1-2H3;1H3. The predicted octanol–water partition coefficient (Wildman–Crippen LogP) is 2.97. The van der Waals surface area contributed by atoms with Crippen LogP contribution in [0.5, 0.6) is 0 Å². The van der Waals surface area contributed by atoms with Crippen molar-refractivity contribution in [1.82, 2.24) is 6.15 Å². The van der Waals surface area contributed by atoms with Crippen molar-refractivity contribution in [2.75, 3.05) is 0 Å². The molecule has 0 spiro atoms. The molecule has 0 bridgehead atoms. The molecule has 62 valence electrons. The minimum atomic E-state index is 0. The van der Waals surface area contributed by atoms with Gasteiger partial charge < -0.3 is 6.15 Å². The number of hydrogen-bond acceptors (Lipinski definition) is 1. The molecule has 1 rings (SSSR count). The molecule has 0 radical (unpaired) electrons. The highest BCUT2D eigenvalue weighted by Crippen LogP contribution is 2.05. The molecule has 1 aromatic carbocycles. The smallest absolute Gasteiger partial charge is 0.0307 e. The Morgan fingerprint density at radius 1 is 1.00 bits per heavy atom. The van der Waals surface area contributed by atoms with Crippen LogP contribution in [0, 0.1) is 0 Å². The van der Waals surface area contributed by atoms with E-state index >= 15 is 0 Å². The average Bonchev–Trinajstić information content (AvgIpc) is 2.05. The Labute approximate surface area is 69.0 Å². The molecule has 0 aromatic heterocycles. The topological polar surface area (TPSA) is 35.0 Å². The summed E-state index contributed by atoms with van der Waals surface area (Å²) < 4.78 is 0. The molecule has 0 amide bonds. The van der Waals surface area contributed by atoms with Gasteiger partial charge in [0, 0.05) is 0 Å². The molecule has 0 aliphatic heterocycles. The first-order valence-corrected chi connectivity index (χ1v) is 3.94. The van der Waals surface area contributed by atoms with Gasteiger partial charge >= 0.3 is 0 Å². The van der Waals surface area contributed by atoms with Gasteiger partial charge in [0.05, 0.1) is 0 Å². The molecule has 0 fully saturated rings. The van der Waals surface area contributed by atoms with E-state index in [1.54, 1.807) is 0 Å². The number of benzene rings is 1. The Morgan fingerprint density at radius 2 is 1.45 bits per heavy atom. The van der Waals surface area contributed by atoms with Crippen LogP contribution in [0.4, 0.5) is 0 Å². The Balaban J connectivity index is 0.000001000. The monoisotopic (exact) mass is 151 g/mol. The minimum absolute atomic E-state index is 0. The van der Waals surface area contributed by atoms with E-state index in [1.807, 2.05) is 0 Å². The summed E-state index contributed by atoms with van der Waals surface area (Å²) in [5, 5.41) is 0. The third-order valence-corrected chi connectivity index (χ3v) is 1.81. The van der Waals surface area contributed by atoms with Gasteiger partial charge in [0.1, 0.15) is 0 Å². The lowest BCUT2D eigenvalue weighted by Gasteiger charge is -1.98. The van der Waals surface area contributed by atoms with Crippen molar-refractivity contribution in [2.45, 2.75) is 26.7 Å². The molecule has 3 N–H and O–H groups in total. The van der Waals surface area contributed by atoms with Crippen molar-refractivity contribution in [3.63, 3.8) is 0 Å². The number of rotatable bonds is 2. The molecule has 11 heavy (non-hydrogen) atoms. The third kappa shape index (κ3) is 2.72. The largest absolute Gasteiger partial charge is 0.344 e. The second-order valence-corrected chi connectivity index (χ2v) is 2.53. The highest BCUT2D eigenvalue weighted by Gasteiger charge is 1.89. The van der Waals surface area contributed by atoms with Gasteiger partial charge in [0.15, 0.2) is 0 Å². The van der Waals surface area contributed by atoms with Crippen molar-refractivity contribution in [1.29, 1.82) is 0 Å². The van der Waals surface area contributed by atoms with E-state index in [-0.39, 0.29) is 6.15 Å². The lowest BCUT2D eigenvalue weighted by molar-refractivity contribution is 1.09. The maximum atomic E-state index is 2.28. The van der Waals surface area contributed by atoms with Gasteiger partial charge in [0.25, 0.3) is 0 Å². The summed E-state index contributed by atoms with van der Waals surface area (Å²) in [4.78, 5) is 0. The van der Waals surface area contributed by atoms with E-state index in [0.717, 1.165) is 12.8 Å². The van der Waals surface area contributed by atoms with Gasteiger partial charge in [-0.25, -0.2) is 0 Å². The lowest BCUT2D eigenvalue weighted by Crippen LogP contribution is -1.83. The van der Waals surface area contributed by atoms with Crippen molar-refractivity contribution >= 4 is 0 Å². The molecular weight excluding hydrogens is 134 g/mol. The molecule has 0 aliphatic carbocycles. The van der Waals surface area contributed by atoms with Crippen LogP contribution in [0.3, 0.4) is 0 Å². The first kappa shape index (κ1) is 10.2. The summed E-state index contributed by atoms with van der Waals surface area (Å²) in [6.07, 6.45) is 2.29. The number of hydrogen-bond donors (Lipinski definition) is 1. The van der Waals surface area contributed by atoms with E-state index in [1.165, 1.54) is 11.1 Å². The maximum Gasteiger partial charge on any atom is -0.0307 e. The van der Waals surface area contributed by atoms with Gasteiger partial charge in [-0.1, -0.05) is 38.1 Å². The average molecular weight is 151 g/mol. The summed E-state index contributed by atoms with van der Waals surface area (Å²) in [6.45, 7) is 4.38. The highest BCUT2D eigenvalue weighted by molar-refractivity contribution is 5.23. The zero-order chi connectivity index (χ0) is 7.40. The van der Waals surface area contributed by atoms with E-state index in [9.17, 15) is 0 Å². The normalized spacial score (nSPS) is 8.91. The van der Waals surface area contributed by atoms with Crippen molar-refractivity contribution in [3.8, 4) is 0 Å². The molecule has 0 atom stereocenters. The van der Waals surface area contributed by atoms with Crippen LogP contribution in [0.2, 0.25) is 0 Å². The van der Waals surface area contributed by atoms with Crippen LogP contribution >= 0.6 is 0 Å². The molecule has 0 aliphatic rings. The Hall–Kier alpha value is -0.820. The molecular formula is C10H17N. The third-order valence-electron chi connectivity index (χ3n) is 1.81. The quantitative estimate of drug-likeness (QED) is 0.692. The molecule has 1 heteroatoms. The Morgan fingerprint density at radius 3 is 1.82 bits per heavy atom. The molecule has 0 unspecified atom stereocenters. The zero-order valence-corrected chi connectivity index (χ0v) is 7.43. The second-order valence-electron chi connectivity index (χ2n) is 2.53. The maximum absolute atomic E-state index is 2.28. The molecule has 0 saturated carbocycles. The molecule has 0 saturated heterocycles. The second kappa shape index (κ2) is 4.91. The fourth-order valence-electron chi connectivity index (χ4n) is 1.07. The zero-order valence-electron chi connectivity index (χ0n) is 7.43. The van der Waals surface area contributed by atoms with Crippen LogP contribution < -0.4 is 6.15 Å². The predicted molar refractivity (Wildman–Crippen MR) is 50.2 cm³/mol. The van der Waals surface area contributed by atoms with Crippen LogP contribution in [0.1, 0.15) is 25.0 Å². The van der Waals surface area contributed by atoms with Gasteiger partial charge in [-0.05, 0) is 24.0 Å². The van der Waals surface area contributed by atoms with Crippen molar-refractivity contribution in [2.24, 2.45) is 0 Å². The van der Waals surface area contributed by atoms with Crippen molar-refractivity contribution in [3.05, 3.63) is 35.4 Å². The van der Waals surface area contributed by atoms with Gasteiger partial charge in [0.2, 0.25) is 0 Å². The van der Waals surface area contributed by atoms with E-state index in [0.29, 0.717) is 0 Å². The summed E-state index contributed by atoms with van der Waals surface area (Å²) in [5.74, 6) is 0. The highest BCUT2D eigenvalue weighted by atomic mass is 14.0. The summed E-state index contributed by atoms with van der Waals surface area (Å²) in [7, 11) is 0. The number of aryl methyl sites for hydroxylation is 2. The van der Waals surface area contributed by atoms with Crippen LogP contribution in [-0.4, -0.2) is 0 Å². The molecule has 1 aromatic rings. The summed E-state index contributed by atoms with van der Waals surface area (Å²) >= 11 is 0. The first-order chi connectivity index (χ1) is 4.86. The lowest BCUT2D eigenvalue weighted by atomic mass is 10.1. The van der Waals surface area contributed by atoms with Crippen LogP contribution in [-0.2, 0) is 12.8 Å². The summed E-state index contributed by atoms with van der Waals surface area (Å²) in [6, 6.07) is 8.77. The van der Waals surface area contributed by atoms with Crippen LogP contribution in [0.15, 0.2) is 24.3 Å². The fraction of sp³-hybridized carbons (Fsp3) is 0.400. The minimum Gasteiger partial charge on any atom is -0.344 e. The van der Waals surface area contributed by atoms with E-state index < -0.39 is 0 Å². The first-order valence-electron chi connectivity index (χ1n) is 3.94. The van der Waals surface area contributed by atoms with E-state index in [4.69, 9.17) is 0 Å². The van der Waals surface area contributed by atoms with Gasteiger partial charge in [-0.2, -0.15) is 0 Å². The van der Waals surface area contributed by atoms with Gasteiger partial charge in [-0.15, -0.1) is 0 Å². The molecule has 0 heterocycles. The molecule has 1 nitrogen and oxygen atoms in total. The van der Waals surface area contributed by atoms with Crippen LogP contribution in [0.25, 0.3) is 0 Å². The Kier molecular flexibility index (Phi) is 4.55.